The molecule has 162 valence electrons. The summed E-state index contributed by atoms with van der Waals surface area (Å²) < 4.78 is 0. The van der Waals surface area contributed by atoms with Gasteiger partial charge in [-0.15, -0.1) is 0 Å². The molecule has 31 heavy (non-hydrogen) atoms. The predicted molar refractivity (Wildman–Crippen MR) is 116 cm³/mol. The number of phenolic OH excluding ortho intramolecular Hbond substituents is 3. The van der Waals surface area contributed by atoms with Gasteiger partial charge in [-0.05, 0) is 45.0 Å². The molecule has 2 aromatic carbocycles. The summed E-state index contributed by atoms with van der Waals surface area (Å²) in [6.07, 6.45) is 3.70. The van der Waals surface area contributed by atoms with Gasteiger partial charge in [0.2, 0.25) is 0 Å². The summed E-state index contributed by atoms with van der Waals surface area (Å²) in [4.78, 5) is 27.1. The number of aromatic hydroxyl groups is 3. The number of aromatic nitrogens is 2. The summed E-state index contributed by atoms with van der Waals surface area (Å²) in [5, 5.41) is 40.9. The molecule has 1 aliphatic heterocycles. The Labute approximate surface area is 178 Å². The van der Waals surface area contributed by atoms with Gasteiger partial charge in [-0.1, -0.05) is 6.92 Å². The molecular formula is C22H24N4O5. The van der Waals surface area contributed by atoms with Crippen molar-refractivity contribution in [3.8, 4) is 17.2 Å². The average Bonchev–Trinajstić information content (AvgIpc) is 3.21. The summed E-state index contributed by atoms with van der Waals surface area (Å²) in [5.41, 5.74) is 0.396. The fourth-order valence-electron chi connectivity index (χ4n) is 4.16. The lowest BCUT2D eigenvalue weighted by Crippen LogP contribution is -2.31. The topological polar surface area (TPSA) is 139 Å². The minimum Gasteiger partial charge on any atom is -0.507 e. The van der Waals surface area contributed by atoms with E-state index in [1.165, 1.54) is 25.3 Å². The Hall–Kier alpha value is -3.46. The maximum atomic E-state index is 11.6. The van der Waals surface area contributed by atoms with Crippen molar-refractivity contribution in [1.29, 1.82) is 0 Å². The van der Waals surface area contributed by atoms with Crippen LogP contribution in [0.25, 0.3) is 22.1 Å². The Morgan fingerprint density at radius 3 is 2.61 bits per heavy atom. The number of aromatic carboxylic acids is 1. The Bertz CT molecular complexity index is 1220. The second-order valence-electron chi connectivity index (χ2n) is 7.71. The summed E-state index contributed by atoms with van der Waals surface area (Å²) in [5.74, 6) is -1.96. The first-order valence-corrected chi connectivity index (χ1v) is 10.2. The van der Waals surface area contributed by atoms with Crippen LogP contribution in [0, 0.1) is 6.92 Å². The third-order valence-electron chi connectivity index (χ3n) is 5.92. The Morgan fingerprint density at radius 1 is 1.16 bits per heavy atom. The van der Waals surface area contributed by atoms with Crippen molar-refractivity contribution < 1.29 is 25.2 Å². The second-order valence-corrected chi connectivity index (χ2v) is 7.71. The van der Waals surface area contributed by atoms with Crippen molar-refractivity contribution in [1.82, 2.24) is 14.9 Å². The van der Waals surface area contributed by atoms with Crippen molar-refractivity contribution in [3.05, 3.63) is 28.8 Å². The van der Waals surface area contributed by atoms with Gasteiger partial charge in [-0.3, -0.25) is 9.89 Å². The lowest BCUT2D eigenvalue weighted by Gasteiger charge is -2.20. The molecule has 3 aromatic rings. The van der Waals surface area contributed by atoms with Crippen LogP contribution in [-0.2, 0) is 0 Å². The van der Waals surface area contributed by atoms with Gasteiger partial charge < -0.3 is 20.4 Å². The number of fused-ring (bicyclic) bond motifs is 2. The van der Waals surface area contributed by atoms with Crippen molar-refractivity contribution in [3.63, 3.8) is 0 Å². The maximum absolute atomic E-state index is 11.6. The molecule has 9 nitrogen and oxygen atoms in total. The third-order valence-corrected chi connectivity index (χ3v) is 5.92. The highest BCUT2D eigenvalue weighted by molar-refractivity contribution is 6.08. The van der Waals surface area contributed by atoms with E-state index in [9.17, 15) is 25.2 Å². The SMILES string of the molecule is CCN1CCCC1C/N=C/c1c(O)c(C)c(O)c2nc3c(C(=O)O)ccc(O)c3nc12. The fraction of sp³-hybridized carbons (Fsp3) is 0.364. The van der Waals surface area contributed by atoms with E-state index in [-0.39, 0.29) is 56.0 Å². The van der Waals surface area contributed by atoms with Crippen molar-refractivity contribution in [2.24, 2.45) is 4.99 Å². The third kappa shape index (κ3) is 3.50. The van der Waals surface area contributed by atoms with Gasteiger partial charge in [0, 0.05) is 17.8 Å². The fourth-order valence-corrected chi connectivity index (χ4v) is 4.16. The normalized spacial score (nSPS) is 17.3. The van der Waals surface area contributed by atoms with Crippen LogP contribution in [0.15, 0.2) is 17.1 Å². The van der Waals surface area contributed by atoms with Crippen LogP contribution in [0.5, 0.6) is 17.2 Å². The van der Waals surface area contributed by atoms with E-state index < -0.39 is 5.97 Å². The monoisotopic (exact) mass is 424 g/mol. The number of likely N-dealkylation sites (N-methyl/N-ethyl adjacent to an activating group) is 1. The number of carboxylic acids is 1. The summed E-state index contributed by atoms with van der Waals surface area (Å²) in [6.45, 7) is 6.21. The molecule has 0 amide bonds. The van der Waals surface area contributed by atoms with Crippen LogP contribution in [0.2, 0.25) is 0 Å². The zero-order valence-corrected chi connectivity index (χ0v) is 17.3. The van der Waals surface area contributed by atoms with Crippen LogP contribution in [-0.4, -0.2) is 73.2 Å². The Kier molecular flexibility index (Phi) is 5.36. The molecule has 0 saturated carbocycles. The molecule has 0 bridgehead atoms. The molecular weight excluding hydrogens is 400 g/mol. The minimum absolute atomic E-state index is 0.0299. The zero-order valence-electron chi connectivity index (χ0n) is 17.3. The van der Waals surface area contributed by atoms with E-state index in [4.69, 9.17) is 0 Å². The first-order valence-electron chi connectivity index (χ1n) is 10.2. The van der Waals surface area contributed by atoms with Crippen LogP contribution < -0.4 is 0 Å². The molecule has 1 saturated heterocycles. The Morgan fingerprint density at radius 2 is 1.90 bits per heavy atom. The first kappa shape index (κ1) is 20.8. The Balaban J connectivity index is 1.88. The summed E-state index contributed by atoms with van der Waals surface area (Å²) in [7, 11) is 0. The molecule has 4 rings (SSSR count). The van der Waals surface area contributed by atoms with Gasteiger partial charge in [0.1, 0.15) is 39.3 Å². The van der Waals surface area contributed by atoms with Crippen LogP contribution in [0.4, 0.5) is 0 Å². The number of hydrogen-bond acceptors (Lipinski definition) is 8. The van der Waals surface area contributed by atoms with Gasteiger partial charge in [-0.25, -0.2) is 14.8 Å². The number of carboxylic acid groups (broad SMARTS) is 1. The van der Waals surface area contributed by atoms with Gasteiger partial charge in [-0.2, -0.15) is 0 Å². The molecule has 1 aromatic heterocycles. The van der Waals surface area contributed by atoms with Gasteiger partial charge >= 0.3 is 5.97 Å². The highest BCUT2D eigenvalue weighted by Crippen LogP contribution is 2.38. The average molecular weight is 424 g/mol. The zero-order chi connectivity index (χ0) is 22.3. The number of rotatable bonds is 5. The van der Waals surface area contributed by atoms with E-state index in [0.29, 0.717) is 12.6 Å². The van der Waals surface area contributed by atoms with E-state index in [1.54, 1.807) is 0 Å². The van der Waals surface area contributed by atoms with E-state index in [2.05, 4.69) is 26.8 Å². The molecule has 1 aliphatic rings. The van der Waals surface area contributed by atoms with Gasteiger partial charge in [0.15, 0.2) is 0 Å². The molecule has 0 radical (unpaired) electrons. The number of benzene rings is 2. The standard InChI is InChI=1S/C22H24N4O5/c1-3-26-8-4-5-12(26)9-23-10-14-17-19(21(29)11(2)20(14)28)25-16-13(22(30)31)6-7-15(27)18(16)24-17/h6-7,10,12,27-29H,3-5,8-9H2,1-2H3,(H,30,31)/b23-10+. The maximum Gasteiger partial charge on any atom is 0.337 e. The number of likely N-dealkylation sites (tertiary alicyclic amines) is 1. The smallest absolute Gasteiger partial charge is 0.337 e. The molecule has 0 aliphatic carbocycles. The molecule has 1 fully saturated rings. The molecule has 0 spiro atoms. The molecule has 1 unspecified atom stereocenters. The van der Waals surface area contributed by atoms with Crippen LogP contribution in [0.1, 0.15) is 41.3 Å². The quantitative estimate of drug-likeness (QED) is 0.362. The minimum atomic E-state index is -1.23. The second kappa shape index (κ2) is 7.99. The van der Waals surface area contributed by atoms with Crippen molar-refractivity contribution in [2.75, 3.05) is 19.6 Å². The molecule has 4 N–H and O–H groups in total. The highest BCUT2D eigenvalue weighted by Gasteiger charge is 2.24. The van der Waals surface area contributed by atoms with Crippen molar-refractivity contribution >= 4 is 34.3 Å². The van der Waals surface area contributed by atoms with Crippen LogP contribution in [0.3, 0.4) is 0 Å². The molecule has 1 atom stereocenters. The van der Waals surface area contributed by atoms with Crippen molar-refractivity contribution in [2.45, 2.75) is 32.7 Å². The van der Waals surface area contributed by atoms with Crippen LogP contribution >= 0.6 is 0 Å². The summed E-state index contributed by atoms with van der Waals surface area (Å²) in [6, 6.07) is 2.80. The summed E-state index contributed by atoms with van der Waals surface area (Å²) >= 11 is 0. The number of carbonyl (C=O) groups is 1. The number of phenols is 3. The van der Waals surface area contributed by atoms with E-state index in [0.717, 1.165) is 25.9 Å². The van der Waals surface area contributed by atoms with E-state index in [1.807, 2.05) is 0 Å². The number of nitrogens with zero attached hydrogens (tertiary/aromatic N) is 4. The molecule has 2 heterocycles. The van der Waals surface area contributed by atoms with E-state index >= 15 is 0 Å². The van der Waals surface area contributed by atoms with Gasteiger partial charge in [0.05, 0.1) is 17.7 Å². The highest BCUT2D eigenvalue weighted by atomic mass is 16.4. The molecule has 9 heteroatoms. The van der Waals surface area contributed by atoms with Gasteiger partial charge in [0.25, 0.3) is 0 Å². The lowest BCUT2D eigenvalue weighted by molar-refractivity contribution is 0.0699. The number of hydrogen-bond donors (Lipinski definition) is 4. The predicted octanol–water partition coefficient (Wildman–Crippen LogP) is 2.81. The largest absolute Gasteiger partial charge is 0.507 e. The number of aliphatic imine (C=N–C) groups is 1. The first-order chi connectivity index (χ1) is 14.8. The lowest BCUT2D eigenvalue weighted by atomic mass is 10.0.